The third-order valence-electron chi connectivity index (χ3n) is 6.55. The molecule has 1 saturated heterocycles. The first-order chi connectivity index (χ1) is 15.7. The number of nitrogens with zero attached hydrogens (tertiary/aromatic N) is 5. The molecule has 1 fully saturated rings. The second kappa shape index (κ2) is 11.0. The lowest BCUT2D eigenvalue weighted by atomic mass is 10.2. The quantitative estimate of drug-likeness (QED) is 0.526. The molecule has 2 heterocycles. The monoisotopic (exact) mass is 477 g/mol. The first kappa shape index (κ1) is 25.6. The fraction of sp³-hybridized carbons (Fsp3) is 0.667. The van der Waals surface area contributed by atoms with Crippen molar-refractivity contribution in [3.8, 4) is 0 Å². The van der Waals surface area contributed by atoms with Crippen molar-refractivity contribution in [3.05, 3.63) is 24.0 Å². The summed E-state index contributed by atoms with van der Waals surface area (Å²) in [5.74, 6) is 1.01. The first-order valence-electron chi connectivity index (χ1n) is 12.2. The van der Waals surface area contributed by atoms with Gasteiger partial charge in [-0.2, -0.15) is 4.31 Å². The number of aryl methyl sites for hydroxylation is 2. The highest BCUT2D eigenvalue weighted by atomic mass is 32.2. The number of sulfonamides is 1. The Hall–Kier alpha value is -1.97. The van der Waals surface area contributed by atoms with Crippen molar-refractivity contribution >= 4 is 27.0 Å². The number of carbonyl (C=O) groups excluding carboxylic acids is 1. The fourth-order valence-corrected chi connectivity index (χ4v) is 6.04. The molecule has 1 aliphatic rings. The molecular formula is C24H39N5O3S. The average molecular weight is 478 g/mol. The molecule has 0 saturated carbocycles. The van der Waals surface area contributed by atoms with E-state index in [-0.39, 0.29) is 10.8 Å². The minimum Gasteiger partial charge on any atom is -0.340 e. The molecule has 1 aliphatic heterocycles. The second-order valence-corrected chi connectivity index (χ2v) is 10.9. The molecule has 1 amide bonds. The van der Waals surface area contributed by atoms with Gasteiger partial charge in [-0.15, -0.1) is 0 Å². The number of hydrogen-bond acceptors (Lipinski definition) is 5. The molecule has 0 aliphatic carbocycles. The van der Waals surface area contributed by atoms with Gasteiger partial charge in [0.05, 0.1) is 15.9 Å². The molecule has 2 aromatic rings. The van der Waals surface area contributed by atoms with E-state index >= 15 is 0 Å². The van der Waals surface area contributed by atoms with Gasteiger partial charge in [0.15, 0.2) is 0 Å². The van der Waals surface area contributed by atoms with Crippen LogP contribution in [0.1, 0.15) is 53.3 Å². The van der Waals surface area contributed by atoms with E-state index in [4.69, 9.17) is 4.98 Å². The van der Waals surface area contributed by atoms with Gasteiger partial charge in [-0.25, -0.2) is 13.4 Å². The molecule has 33 heavy (non-hydrogen) atoms. The third kappa shape index (κ3) is 5.58. The number of aromatic nitrogens is 2. The van der Waals surface area contributed by atoms with Gasteiger partial charge in [0.2, 0.25) is 15.9 Å². The van der Waals surface area contributed by atoms with Gasteiger partial charge < -0.3 is 9.47 Å². The Balaban J connectivity index is 1.78. The lowest BCUT2D eigenvalue weighted by Gasteiger charge is -2.37. The standard InChI is InChI=1S/C24H39N5O3S/c1-6-13-29-22-10-9-20(33(31,32)28(7-2)8-3)18-21(22)25-23(29)11-12-24(30)27-16-14-26(15-17-27)19(4)5/h9-10,18-19H,6-8,11-17H2,1-5H3. The van der Waals surface area contributed by atoms with Gasteiger partial charge in [0.25, 0.3) is 0 Å². The molecule has 0 radical (unpaired) electrons. The number of fused-ring (bicyclic) bond motifs is 1. The summed E-state index contributed by atoms with van der Waals surface area (Å²) in [5.41, 5.74) is 1.59. The van der Waals surface area contributed by atoms with Crippen molar-refractivity contribution in [2.24, 2.45) is 0 Å². The summed E-state index contributed by atoms with van der Waals surface area (Å²) in [5, 5.41) is 0. The molecule has 8 nitrogen and oxygen atoms in total. The van der Waals surface area contributed by atoms with E-state index in [2.05, 4.69) is 30.2 Å². The number of imidazole rings is 1. The van der Waals surface area contributed by atoms with Crippen LogP contribution in [0.2, 0.25) is 0 Å². The highest BCUT2D eigenvalue weighted by Crippen LogP contribution is 2.24. The molecule has 184 valence electrons. The minimum atomic E-state index is -3.54. The van der Waals surface area contributed by atoms with Gasteiger partial charge in [0, 0.05) is 64.7 Å². The smallest absolute Gasteiger partial charge is 0.243 e. The molecule has 1 aromatic carbocycles. The van der Waals surface area contributed by atoms with Crippen LogP contribution >= 0.6 is 0 Å². The maximum atomic E-state index is 12.9. The van der Waals surface area contributed by atoms with E-state index in [1.54, 1.807) is 12.1 Å². The fourth-order valence-electron chi connectivity index (χ4n) is 4.56. The molecule has 0 N–H and O–H groups in total. The molecular weight excluding hydrogens is 438 g/mol. The van der Waals surface area contributed by atoms with Crippen LogP contribution in [0.3, 0.4) is 0 Å². The van der Waals surface area contributed by atoms with Crippen LogP contribution in [0, 0.1) is 0 Å². The Morgan fingerprint density at radius 3 is 2.33 bits per heavy atom. The maximum Gasteiger partial charge on any atom is 0.243 e. The second-order valence-electron chi connectivity index (χ2n) is 8.93. The number of piperazine rings is 1. The van der Waals surface area contributed by atoms with Gasteiger partial charge in [0.1, 0.15) is 5.82 Å². The van der Waals surface area contributed by atoms with E-state index in [1.165, 1.54) is 4.31 Å². The third-order valence-corrected chi connectivity index (χ3v) is 8.59. The van der Waals surface area contributed by atoms with Crippen LogP contribution in [0.5, 0.6) is 0 Å². The van der Waals surface area contributed by atoms with Crippen molar-refractivity contribution in [2.75, 3.05) is 39.3 Å². The highest BCUT2D eigenvalue weighted by Gasteiger charge is 2.25. The lowest BCUT2D eigenvalue weighted by Crippen LogP contribution is -2.50. The zero-order valence-corrected chi connectivity index (χ0v) is 21.6. The van der Waals surface area contributed by atoms with Crippen molar-refractivity contribution in [2.45, 2.75) is 71.4 Å². The predicted molar refractivity (Wildman–Crippen MR) is 132 cm³/mol. The van der Waals surface area contributed by atoms with Crippen molar-refractivity contribution in [1.29, 1.82) is 0 Å². The molecule has 0 bridgehead atoms. The molecule has 0 atom stereocenters. The average Bonchev–Trinajstić information content (AvgIpc) is 3.15. The topological polar surface area (TPSA) is 78.8 Å². The summed E-state index contributed by atoms with van der Waals surface area (Å²) in [4.78, 5) is 22.2. The molecule has 3 rings (SSSR count). The zero-order valence-electron chi connectivity index (χ0n) is 20.7. The number of benzene rings is 1. The van der Waals surface area contributed by atoms with Crippen LogP contribution in [0.25, 0.3) is 11.0 Å². The van der Waals surface area contributed by atoms with Crippen molar-refractivity contribution < 1.29 is 13.2 Å². The first-order valence-corrected chi connectivity index (χ1v) is 13.7. The van der Waals surface area contributed by atoms with Crippen LogP contribution in [0.4, 0.5) is 0 Å². The number of rotatable bonds is 10. The Labute approximate surface area is 198 Å². The predicted octanol–water partition coefficient (Wildman–Crippen LogP) is 2.96. The van der Waals surface area contributed by atoms with E-state index in [0.717, 1.165) is 50.5 Å². The van der Waals surface area contributed by atoms with E-state index in [1.807, 2.05) is 24.8 Å². The summed E-state index contributed by atoms with van der Waals surface area (Å²) >= 11 is 0. The Kier molecular flexibility index (Phi) is 8.53. The minimum absolute atomic E-state index is 0.165. The maximum absolute atomic E-state index is 12.9. The number of amides is 1. The Morgan fingerprint density at radius 2 is 1.76 bits per heavy atom. The Morgan fingerprint density at radius 1 is 1.09 bits per heavy atom. The lowest BCUT2D eigenvalue weighted by molar-refractivity contribution is -0.133. The van der Waals surface area contributed by atoms with Crippen molar-refractivity contribution in [1.82, 2.24) is 23.7 Å². The Bertz CT molecular complexity index is 1050. The van der Waals surface area contributed by atoms with Crippen LogP contribution in [0.15, 0.2) is 23.1 Å². The molecule has 0 unspecified atom stereocenters. The van der Waals surface area contributed by atoms with Crippen LogP contribution in [-0.2, 0) is 27.8 Å². The van der Waals surface area contributed by atoms with Crippen LogP contribution < -0.4 is 0 Å². The number of hydrogen-bond donors (Lipinski definition) is 0. The van der Waals surface area contributed by atoms with E-state index in [9.17, 15) is 13.2 Å². The summed E-state index contributed by atoms with van der Waals surface area (Å²) in [7, 11) is -3.54. The van der Waals surface area contributed by atoms with Gasteiger partial charge >= 0.3 is 0 Å². The zero-order chi connectivity index (χ0) is 24.2. The van der Waals surface area contributed by atoms with Gasteiger partial charge in [-0.05, 0) is 38.5 Å². The van der Waals surface area contributed by atoms with Gasteiger partial charge in [-0.3, -0.25) is 9.69 Å². The highest BCUT2D eigenvalue weighted by molar-refractivity contribution is 7.89. The summed E-state index contributed by atoms with van der Waals surface area (Å²) < 4.78 is 29.5. The van der Waals surface area contributed by atoms with Crippen LogP contribution in [-0.4, -0.2) is 83.3 Å². The number of carbonyl (C=O) groups is 1. The summed E-state index contributed by atoms with van der Waals surface area (Å²) in [6, 6.07) is 5.70. The molecule has 1 aromatic heterocycles. The molecule has 0 spiro atoms. The van der Waals surface area contributed by atoms with E-state index in [0.29, 0.717) is 37.5 Å². The normalized spacial score (nSPS) is 15.8. The largest absolute Gasteiger partial charge is 0.340 e. The molecule has 9 heteroatoms. The summed E-state index contributed by atoms with van der Waals surface area (Å²) in [6.07, 6.45) is 1.90. The van der Waals surface area contributed by atoms with Crippen molar-refractivity contribution in [3.63, 3.8) is 0 Å². The van der Waals surface area contributed by atoms with E-state index < -0.39 is 10.0 Å². The van der Waals surface area contributed by atoms with Gasteiger partial charge in [-0.1, -0.05) is 20.8 Å². The summed E-state index contributed by atoms with van der Waals surface area (Å²) in [6.45, 7) is 15.2. The SMILES string of the molecule is CCCn1c(CCC(=O)N2CCN(C(C)C)CC2)nc2cc(S(=O)(=O)N(CC)CC)ccc21.